The van der Waals surface area contributed by atoms with E-state index in [0.29, 0.717) is 0 Å². The zero-order chi connectivity index (χ0) is 32.5. The number of methoxy groups -OCH3 is 4. The molecule has 2 saturated heterocycles. The van der Waals surface area contributed by atoms with E-state index in [-0.39, 0.29) is 0 Å². The first-order chi connectivity index (χ1) is 22.2. The van der Waals surface area contributed by atoms with Crippen LogP contribution in [-0.2, 0) is 0 Å². The van der Waals surface area contributed by atoms with E-state index in [4.69, 9.17) is 18.9 Å². The highest BCUT2D eigenvalue weighted by molar-refractivity contribution is 5.75. The van der Waals surface area contributed by atoms with Crippen molar-refractivity contribution >= 4 is 22.7 Å². The first-order valence-corrected chi connectivity index (χ1v) is 15.7. The molecule has 0 saturated carbocycles. The molecule has 0 bridgehead atoms. The van der Waals surface area contributed by atoms with Gasteiger partial charge < -0.3 is 38.5 Å². The topological polar surface area (TPSA) is 49.9 Å². The van der Waals surface area contributed by atoms with Gasteiger partial charge in [0, 0.05) is 85.3 Å². The third-order valence-electron chi connectivity index (χ3n) is 8.65. The Bertz CT molecular complexity index is 1570. The minimum absolute atomic E-state index is 0.746. The quantitative estimate of drug-likeness (QED) is 0.202. The molecule has 4 aromatic carbocycles. The van der Waals surface area contributed by atoms with Gasteiger partial charge in [0.1, 0.15) is 23.0 Å². The van der Waals surface area contributed by atoms with Crippen LogP contribution in [0.4, 0.5) is 22.7 Å². The lowest BCUT2D eigenvalue weighted by molar-refractivity contribution is 0.394. The molecule has 240 valence electrons. The highest BCUT2D eigenvalue weighted by Crippen LogP contribution is 2.43. The minimum atomic E-state index is 0.746. The fourth-order valence-corrected chi connectivity index (χ4v) is 6.71. The summed E-state index contributed by atoms with van der Waals surface area (Å²) >= 11 is 0. The Balaban J connectivity index is 1.66. The molecule has 0 atom stereocenters. The fraction of sp³-hybridized carbons (Fsp3) is 0.316. The van der Waals surface area contributed by atoms with Crippen LogP contribution in [0.2, 0.25) is 0 Å². The van der Waals surface area contributed by atoms with Crippen molar-refractivity contribution in [2.45, 2.75) is 27.7 Å². The second-order valence-electron chi connectivity index (χ2n) is 12.1. The first-order valence-electron chi connectivity index (χ1n) is 15.7. The van der Waals surface area contributed by atoms with Gasteiger partial charge in [-0.3, -0.25) is 0 Å². The molecule has 8 heteroatoms. The van der Waals surface area contributed by atoms with Gasteiger partial charge in [0.15, 0.2) is 11.6 Å². The maximum atomic E-state index is 5.73. The SMILES string of the molecule is COc1cc(OC)cc(N2CCN(c3cc(C)cc(C)c3)/C2=C2\N(c3cc(C)cc(C)c3)CCN2c2cc(OC)cc(OC)c2)c1. The van der Waals surface area contributed by atoms with Crippen LogP contribution in [-0.4, -0.2) is 54.6 Å². The molecule has 0 aliphatic carbocycles. The van der Waals surface area contributed by atoms with Gasteiger partial charge in [-0.2, -0.15) is 0 Å². The van der Waals surface area contributed by atoms with Gasteiger partial charge in [0.25, 0.3) is 0 Å². The fourth-order valence-electron chi connectivity index (χ4n) is 6.71. The Morgan fingerprint density at radius 3 is 0.826 bits per heavy atom. The molecule has 6 rings (SSSR count). The molecule has 8 nitrogen and oxygen atoms in total. The number of benzene rings is 4. The largest absolute Gasteiger partial charge is 0.497 e. The molecule has 0 radical (unpaired) electrons. The molecular weight excluding hydrogens is 576 g/mol. The zero-order valence-corrected chi connectivity index (χ0v) is 28.2. The predicted octanol–water partition coefficient (Wildman–Crippen LogP) is 7.43. The van der Waals surface area contributed by atoms with Gasteiger partial charge in [-0.15, -0.1) is 0 Å². The van der Waals surface area contributed by atoms with Crippen LogP contribution in [0, 0.1) is 27.7 Å². The number of hydrogen-bond donors (Lipinski definition) is 0. The molecule has 46 heavy (non-hydrogen) atoms. The van der Waals surface area contributed by atoms with E-state index in [1.165, 1.54) is 22.3 Å². The number of aryl methyl sites for hydroxylation is 4. The molecule has 0 unspecified atom stereocenters. The van der Waals surface area contributed by atoms with Crippen LogP contribution < -0.4 is 38.5 Å². The number of rotatable bonds is 8. The molecular formula is C38H44N4O4. The van der Waals surface area contributed by atoms with E-state index < -0.39 is 0 Å². The predicted molar refractivity (Wildman–Crippen MR) is 187 cm³/mol. The Labute approximate surface area is 273 Å². The Kier molecular flexibility index (Phi) is 8.63. The molecule has 0 amide bonds. The van der Waals surface area contributed by atoms with E-state index in [9.17, 15) is 0 Å². The second-order valence-corrected chi connectivity index (χ2v) is 12.1. The highest BCUT2D eigenvalue weighted by atomic mass is 16.5. The summed E-state index contributed by atoms with van der Waals surface area (Å²) in [6.07, 6.45) is 0. The number of ether oxygens (including phenoxy) is 4. The monoisotopic (exact) mass is 620 g/mol. The van der Waals surface area contributed by atoms with Gasteiger partial charge >= 0.3 is 0 Å². The summed E-state index contributed by atoms with van der Waals surface area (Å²) in [6, 6.07) is 25.7. The van der Waals surface area contributed by atoms with Crippen molar-refractivity contribution < 1.29 is 18.9 Å². The van der Waals surface area contributed by atoms with Crippen molar-refractivity contribution in [2.75, 3.05) is 74.2 Å². The summed E-state index contributed by atoms with van der Waals surface area (Å²) in [4.78, 5) is 9.69. The molecule has 0 aromatic heterocycles. The van der Waals surface area contributed by atoms with Crippen molar-refractivity contribution in [1.29, 1.82) is 0 Å². The van der Waals surface area contributed by atoms with E-state index in [0.717, 1.165) is 83.6 Å². The van der Waals surface area contributed by atoms with Crippen molar-refractivity contribution in [3.63, 3.8) is 0 Å². The number of nitrogens with zero attached hydrogens (tertiary/aromatic N) is 4. The normalized spacial score (nSPS) is 16.3. The Morgan fingerprint density at radius 2 is 0.587 bits per heavy atom. The second kappa shape index (κ2) is 12.8. The lowest BCUT2D eigenvalue weighted by atomic mass is 10.1. The third kappa shape index (κ3) is 5.99. The molecule has 4 aromatic rings. The lowest BCUT2D eigenvalue weighted by Crippen LogP contribution is -2.34. The van der Waals surface area contributed by atoms with E-state index in [1.54, 1.807) is 28.4 Å². The summed E-state index contributed by atoms with van der Waals surface area (Å²) in [5.74, 6) is 5.15. The van der Waals surface area contributed by atoms with Crippen LogP contribution in [0.1, 0.15) is 22.3 Å². The van der Waals surface area contributed by atoms with E-state index >= 15 is 0 Å². The zero-order valence-electron chi connectivity index (χ0n) is 28.2. The van der Waals surface area contributed by atoms with E-state index in [1.807, 2.05) is 12.1 Å². The lowest BCUT2D eigenvalue weighted by Gasteiger charge is -2.34. The molecule has 2 fully saturated rings. The third-order valence-corrected chi connectivity index (χ3v) is 8.65. The van der Waals surface area contributed by atoms with E-state index in [2.05, 4.69) is 108 Å². The number of anilines is 4. The van der Waals surface area contributed by atoms with Gasteiger partial charge in [-0.05, 0) is 74.2 Å². The van der Waals surface area contributed by atoms with Crippen molar-refractivity contribution in [2.24, 2.45) is 0 Å². The van der Waals surface area contributed by atoms with Crippen LogP contribution in [0.15, 0.2) is 84.4 Å². The first kappa shape index (κ1) is 31.0. The number of hydrogen-bond acceptors (Lipinski definition) is 8. The maximum absolute atomic E-state index is 5.73. The van der Waals surface area contributed by atoms with Crippen molar-refractivity contribution in [1.82, 2.24) is 0 Å². The summed E-state index contributed by atoms with van der Waals surface area (Å²) in [7, 11) is 6.78. The Hall–Kier alpha value is -4.98. The van der Waals surface area contributed by atoms with Crippen LogP contribution in [0.5, 0.6) is 23.0 Å². The minimum Gasteiger partial charge on any atom is -0.497 e. The summed E-state index contributed by atoms with van der Waals surface area (Å²) < 4.78 is 22.9. The molecule has 0 N–H and O–H groups in total. The molecule has 0 spiro atoms. The molecule has 2 aliphatic heterocycles. The summed E-state index contributed by atoms with van der Waals surface area (Å²) in [6.45, 7) is 11.8. The van der Waals surface area contributed by atoms with Gasteiger partial charge in [-0.25, -0.2) is 0 Å². The van der Waals surface area contributed by atoms with Crippen LogP contribution in [0.25, 0.3) is 0 Å². The van der Waals surface area contributed by atoms with Crippen molar-refractivity contribution in [3.8, 4) is 23.0 Å². The van der Waals surface area contributed by atoms with Crippen LogP contribution in [0.3, 0.4) is 0 Å². The smallest absolute Gasteiger partial charge is 0.156 e. The maximum Gasteiger partial charge on any atom is 0.156 e. The van der Waals surface area contributed by atoms with Crippen molar-refractivity contribution in [3.05, 3.63) is 107 Å². The molecule has 2 heterocycles. The average Bonchev–Trinajstić information content (AvgIpc) is 3.68. The summed E-state index contributed by atoms with van der Waals surface area (Å²) in [5, 5.41) is 0. The summed E-state index contributed by atoms with van der Waals surface area (Å²) in [5.41, 5.74) is 9.24. The van der Waals surface area contributed by atoms with Crippen LogP contribution >= 0.6 is 0 Å². The van der Waals surface area contributed by atoms with Gasteiger partial charge in [0.2, 0.25) is 0 Å². The van der Waals surface area contributed by atoms with Gasteiger partial charge in [-0.1, -0.05) is 12.1 Å². The molecule has 2 aliphatic rings. The highest BCUT2D eigenvalue weighted by Gasteiger charge is 2.39. The Morgan fingerprint density at radius 1 is 0.348 bits per heavy atom. The average molecular weight is 621 g/mol. The van der Waals surface area contributed by atoms with Gasteiger partial charge in [0.05, 0.1) is 28.4 Å². The standard InChI is InChI=1S/C38H44N4O4/c1-25-13-26(2)16-29(15-25)39-9-11-41(31-19-33(43-5)23-34(20-31)44-6)37(39)38-40(30-17-27(3)14-28(4)18-30)10-12-42(38)32-21-35(45-7)24-36(22-32)46-8/h13-24H,9-12H2,1-8H3/b38-37-.